The number of pyridine rings is 1. The summed E-state index contributed by atoms with van der Waals surface area (Å²) in [5, 5.41) is 4.04. The van der Waals surface area contributed by atoms with Gasteiger partial charge in [0.1, 0.15) is 5.82 Å². The monoisotopic (exact) mass is 367 g/mol. The summed E-state index contributed by atoms with van der Waals surface area (Å²) in [4.78, 5) is 15.1. The van der Waals surface area contributed by atoms with Crippen LogP contribution in [0.25, 0.3) is 0 Å². The summed E-state index contributed by atoms with van der Waals surface area (Å²) in [6.45, 7) is 1.63. The lowest BCUT2D eigenvalue weighted by molar-refractivity contribution is 0.853. The predicted molar refractivity (Wildman–Crippen MR) is 107 cm³/mol. The molecule has 0 atom stereocenters. The zero-order valence-electron chi connectivity index (χ0n) is 14.8. The van der Waals surface area contributed by atoms with Crippen LogP contribution in [0.5, 0.6) is 0 Å². The summed E-state index contributed by atoms with van der Waals surface area (Å²) in [5.41, 5.74) is 2.46. The van der Waals surface area contributed by atoms with Crippen LogP contribution in [-0.2, 0) is 12.8 Å². The van der Waals surface area contributed by atoms with Crippen LogP contribution in [0, 0.1) is 0 Å². The number of hydrogen-bond acceptors (Lipinski definition) is 5. The van der Waals surface area contributed by atoms with Gasteiger partial charge >= 0.3 is 0 Å². The maximum atomic E-state index is 6.02. The fraction of sp³-hybridized carbons (Fsp3) is 0.250. The second kappa shape index (κ2) is 9.15. The highest BCUT2D eigenvalue weighted by Crippen LogP contribution is 2.13. The van der Waals surface area contributed by atoms with Crippen molar-refractivity contribution in [3.8, 4) is 0 Å². The SMILES string of the molecule is CN(CCc1ccncc1)c1ccnc(NCCc2cccc(Cl)c2)n1. The van der Waals surface area contributed by atoms with Crippen LogP contribution in [0.2, 0.25) is 5.02 Å². The van der Waals surface area contributed by atoms with Crippen molar-refractivity contribution < 1.29 is 0 Å². The molecule has 0 bridgehead atoms. The van der Waals surface area contributed by atoms with Crippen molar-refractivity contribution in [2.75, 3.05) is 30.4 Å². The fourth-order valence-corrected chi connectivity index (χ4v) is 2.83. The number of halogens is 1. The van der Waals surface area contributed by atoms with Crippen LogP contribution < -0.4 is 10.2 Å². The molecule has 5 nitrogen and oxygen atoms in total. The van der Waals surface area contributed by atoms with Gasteiger partial charge in [0.25, 0.3) is 0 Å². The molecule has 0 unspecified atom stereocenters. The van der Waals surface area contributed by atoms with E-state index in [1.807, 2.05) is 55.8 Å². The molecular formula is C20H22ClN5. The number of aromatic nitrogens is 3. The molecule has 2 aromatic heterocycles. The molecule has 134 valence electrons. The van der Waals surface area contributed by atoms with Gasteiger partial charge in [-0.15, -0.1) is 0 Å². The molecule has 6 heteroatoms. The average molecular weight is 368 g/mol. The van der Waals surface area contributed by atoms with E-state index in [2.05, 4.69) is 31.2 Å². The molecule has 0 aliphatic heterocycles. The summed E-state index contributed by atoms with van der Waals surface area (Å²) in [6.07, 6.45) is 7.24. The molecule has 0 fully saturated rings. The highest BCUT2D eigenvalue weighted by atomic mass is 35.5. The second-order valence-electron chi connectivity index (χ2n) is 6.07. The normalized spacial score (nSPS) is 10.5. The lowest BCUT2D eigenvalue weighted by Gasteiger charge is -2.18. The van der Waals surface area contributed by atoms with Crippen LogP contribution >= 0.6 is 11.6 Å². The van der Waals surface area contributed by atoms with Crippen LogP contribution in [0.1, 0.15) is 11.1 Å². The first-order valence-electron chi connectivity index (χ1n) is 8.62. The van der Waals surface area contributed by atoms with E-state index in [9.17, 15) is 0 Å². The maximum Gasteiger partial charge on any atom is 0.224 e. The van der Waals surface area contributed by atoms with Crippen LogP contribution in [0.4, 0.5) is 11.8 Å². The molecule has 0 saturated carbocycles. The first-order chi connectivity index (χ1) is 12.7. The second-order valence-corrected chi connectivity index (χ2v) is 6.51. The molecule has 0 radical (unpaired) electrons. The molecule has 0 amide bonds. The number of rotatable bonds is 8. The van der Waals surface area contributed by atoms with E-state index in [1.165, 1.54) is 11.1 Å². The van der Waals surface area contributed by atoms with Crippen molar-refractivity contribution in [3.63, 3.8) is 0 Å². The van der Waals surface area contributed by atoms with E-state index in [-0.39, 0.29) is 0 Å². The van der Waals surface area contributed by atoms with Crippen molar-refractivity contribution in [2.45, 2.75) is 12.8 Å². The fourth-order valence-electron chi connectivity index (χ4n) is 2.62. The number of nitrogens with one attached hydrogen (secondary N) is 1. The van der Waals surface area contributed by atoms with Gasteiger partial charge in [0.05, 0.1) is 0 Å². The summed E-state index contributed by atoms with van der Waals surface area (Å²) in [6, 6.07) is 13.9. The molecule has 1 N–H and O–H groups in total. The highest BCUT2D eigenvalue weighted by Gasteiger charge is 2.05. The molecule has 2 heterocycles. The van der Waals surface area contributed by atoms with Crippen molar-refractivity contribution in [2.24, 2.45) is 0 Å². The van der Waals surface area contributed by atoms with Gasteiger partial charge in [-0.25, -0.2) is 4.98 Å². The summed E-state index contributed by atoms with van der Waals surface area (Å²) >= 11 is 6.02. The number of likely N-dealkylation sites (N-methyl/N-ethyl adjacent to an activating group) is 1. The molecule has 0 aliphatic carbocycles. The molecule has 0 spiro atoms. The van der Waals surface area contributed by atoms with E-state index in [4.69, 9.17) is 11.6 Å². The Morgan fingerprint density at radius 1 is 1.00 bits per heavy atom. The minimum atomic E-state index is 0.639. The van der Waals surface area contributed by atoms with Gasteiger partial charge in [-0.05, 0) is 54.3 Å². The maximum absolute atomic E-state index is 6.02. The van der Waals surface area contributed by atoms with Gasteiger partial charge in [-0.1, -0.05) is 23.7 Å². The van der Waals surface area contributed by atoms with Crippen molar-refractivity contribution in [3.05, 3.63) is 77.2 Å². The Morgan fingerprint density at radius 2 is 1.85 bits per heavy atom. The minimum absolute atomic E-state index is 0.639. The third-order valence-electron chi connectivity index (χ3n) is 4.10. The Hall–Kier alpha value is -2.66. The van der Waals surface area contributed by atoms with Crippen molar-refractivity contribution in [1.29, 1.82) is 0 Å². The Balaban J connectivity index is 1.52. The Bertz CT molecular complexity index is 825. The van der Waals surface area contributed by atoms with Crippen molar-refractivity contribution >= 4 is 23.4 Å². The molecular weight excluding hydrogens is 346 g/mol. The first kappa shape index (κ1) is 18.1. The first-order valence-corrected chi connectivity index (χ1v) is 9.00. The Morgan fingerprint density at radius 3 is 2.65 bits per heavy atom. The number of anilines is 2. The van der Waals surface area contributed by atoms with Gasteiger partial charge in [0.2, 0.25) is 5.95 Å². The van der Waals surface area contributed by atoms with Gasteiger partial charge in [0.15, 0.2) is 0 Å². The van der Waals surface area contributed by atoms with Gasteiger partial charge in [-0.3, -0.25) is 4.98 Å². The van der Waals surface area contributed by atoms with Gasteiger partial charge in [0, 0.05) is 43.8 Å². The molecule has 0 saturated heterocycles. The van der Waals surface area contributed by atoms with E-state index in [1.54, 1.807) is 6.20 Å². The minimum Gasteiger partial charge on any atom is -0.359 e. The number of benzene rings is 1. The Kier molecular flexibility index (Phi) is 6.39. The lowest BCUT2D eigenvalue weighted by atomic mass is 10.1. The predicted octanol–water partition coefficient (Wildman–Crippen LogP) is 3.86. The third kappa shape index (κ3) is 5.43. The van der Waals surface area contributed by atoms with Crippen LogP contribution in [-0.4, -0.2) is 35.1 Å². The van der Waals surface area contributed by atoms with E-state index in [0.29, 0.717) is 5.95 Å². The van der Waals surface area contributed by atoms with E-state index >= 15 is 0 Å². The average Bonchev–Trinajstić information content (AvgIpc) is 2.67. The third-order valence-corrected chi connectivity index (χ3v) is 4.34. The number of nitrogens with zero attached hydrogens (tertiary/aromatic N) is 4. The summed E-state index contributed by atoms with van der Waals surface area (Å²) in [5.74, 6) is 1.54. The molecule has 0 aliphatic rings. The zero-order chi connectivity index (χ0) is 18.2. The summed E-state index contributed by atoms with van der Waals surface area (Å²) < 4.78 is 0. The van der Waals surface area contributed by atoms with Crippen LogP contribution in [0.3, 0.4) is 0 Å². The smallest absolute Gasteiger partial charge is 0.224 e. The molecule has 26 heavy (non-hydrogen) atoms. The molecule has 3 aromatic rings. The van der Waals surface area contributed by atoms with Crippen LogP contribution in [0.15, 0.2) is 61.1 Å². The van der Waals surface area contributed by atoms with Crippen molar-refractivity contribution in [1.82, 2.24) is 15.0 Å². The molecule has 1 aromatic carbocycles. The van der Waals surface area contributed by atoms with E-state index in [0.717, 1.165) is 36.8 Å². The topological polar surface area (TPSA) is 53.9 Å². The quantitative estimate of drug-likeness (QED) is 0.655. The van der Waals surface area contributed by atoms with Gasteiger partial charge < -0.3 is 10.2 Å². The van der Waals surface area contributed by atoms with Gasteiger partial charge in [-0.2, -0.15) is 4.98 Å². The summed E-state index contributed by atoms with van der Waals surface area (Å²) in [7, 11) is 2.04. The zero-order valence-corrected chi connectivity index (χ0v) is 15.5. The van der Waals surface area contributed by atoms with E-state index < -0.39 is 0 Å². The highest BCUT2D eigenvalue weighted by molar-refractivity contribution is 6.30. The largest absolute Gasteiger partial charge is 0.359 e. The molecule has 3 rings (SSSR count). The standard InChI is InChI=1S/C20H22ClN5/c1-26(14-9-16-5-10-22-11-6-16)19-8-13-24-20(25-19)23-12-7-17-3-2-4-18(21)15-17/h2-6,8,10-11,13,15H,7,9,12,14H2,1H3,(H,23,24,25). The number of hydrogen-bond donors (Lipinski definition) is 1. The lowest BCUT2D eigenvalue weighted by Crippen LogP contribution is -2.22. The Labute approximate surface area is 159 Å².